The molecule has 2 aromatic heterocycles. The zero-order valence-electron chi connectivity index (χ0n) is 10.7. The van der Waals surface area contributed by atoms with Gasteiger partial charge in [0.15, 0.2) is 0 Å². The summed E-state index contributed by atoms with van der Waals surface area (Å²) < 4.78 is 1.71. The molecule has 2 heterocycles. The molecule has 19 heavy (non-hydrogen) atoms. The van der Waals surface area contributed by atoms with E-state index >= 15 is 0 Å². The van der Waals surface area contributed by atoms with Crippen molar-refractivity contribution in [3.63, 3.8) is 0 Å². The van der Waals surface area contributed by atoms with E-state index < -0.39 is 0 Å². The maximum Gasteiger partial charge on any atom is 0.252 e. The summed E-state index contributed by atoms with van der Waals surface area (Å²) in [7, 11) is 0. The van der Waals surface area contributed by atoms with Crippen molar-refractivity contribution in [2.45, 2.75) is 13.5 Å². The number of aryl methyl sites for hydroxylation is 1. The summed E-state index contributed by atoms with van der Waals surface area (Å²) in [4.78, 5) is 16.4. The van der Waals surface area contributed by atoms with Crippen molar-refractivity contribution in [1.29, 1.82) is 0 Å². The van der Waals surface area contributed by atoms with Crippen LogP contribution >= 0.6 is 0 Å². The molecule has 3 rings (SSSR count). The molecule has 0 aliphatic rings. The first-order chi connectivity index (χ1) is 9.24. The predicted molar refractivity (Wildman–Crippen MR) is 76.3 cm³/mol. The van der Waals surface area contributed by atoms with Crippen LogP contribution in [-0.2, 0) is 6.54 Å². The maximum atomic E-state index is 12.0. The minimum atomic E-state index is -0.0206. The first-order valence-electron chi connectivity index (χ1n) is 6.24. The van der Waals surface area contributed by atoms with Gasteiger partial charge in [-0.15, -0.1) is 0 Å². The Hall–Kier alpha value is -2.42. The predicted octanol–water partition coefficient (Wildman–Crippen LogP) is 2.75. The van der Waals surface area contributed by atoms with Crippen molar-refractivity contribution in [2.75, 3.05) is 0 Å². The Balaban J connectivity index is 2.17. The van der Waals surface area contributed by atoms with Crippen LogP contribution in [0.5, 0.6) is 0 Å². The molecule has 94 valence electrons. The molecule has 0 atom stereocenters. The topological polar surface area (TPSA) is 34.9 Å². The van der Waals surface area contributed by atoms with Crippen molar-refractivity contribution in [1.82, 2.24) is 9.55 Å². The molecule has 0 radical (unpaired) electrons. The summed E-state index contributed by atoms with van der Waals surface area (Å²) in [6.45, 7) is 2.55. The van der Waals surface area contributed by atoms with Gasteiger partial charge in [0.2, 0.25) is 0 Å². The quantitative estimate of drug-likeness (QED) is 0.701. The minimum absolute atomic E-state index is 0.0206. The molecule has 3 nitrogen and oxygen atoms in total. The number of hydrogen-bond donors (Lipinski definition) is 0. The van der Waals surface area contributed by atoms with E-state index in [-0.39, 0.29) is 5.56 Å². The van der Waals surface area contributed by atoms with Crippen LogP contribution in [0.2, 0.25) is 0 Å². The highest BCUT2D eigenvalue weighted by molar-refractivity contribution is 5.75. The molecular formula is C16H14N2O. The largest absolute Gasteiger partial charge is 0.288 e. The second kappa shape index (κ2) is 4.69. The van der Waals surface area contributed by atoms with E-state index in [9.17, 15) is 4.79 Å². The molecule has 3 aromatic rings. The standard InChI is InChI=1S/C16H14N2O/c1-12-9-14-7-8-15(19)18(16(14)17-10-12)11-13-5-3-2-4-6-13/h2-10H,11H2,1H3. The SMILES string of the molecule is Cc1cnc2c(ccc(=O)n2Cc2ccccc2)c1. The van der Waals surface area contributed by atoms with Crippen molar-refractivity contribution in [3.05, 3.63) is 76.2 Å². The number of aromatic nitrogens is 2. The molecule has 0 N–H and O–H groups in total. The number of nitrogens with zero attached hydrogens (tertiary/aromatic N) is 2. The van der Waals surface area contributed by atoms with E-state index in [0.717, 1.165) is 22.2 Å². The van der Waals surface area contributed by atoms with Gasteiger partial charge < -0.3 is 0 Å². The van der Waals surface area contributed by atoms with Gasteiger partial charge in [0, 0.05) is 17.6 Å². The van der Waals surface area contributed by atoms with Crippen LogP contribution < -0.4 is 5.56 Å². The van der Waals surface area contributed by atoms with Crippen LogP contribution in [0.25, 0.3) is 11.0 Å². The fourth-order valence-electron chi connectivity index (χ4n) is 2.21. The zero-order chi connectivity index (χ0) is 13.2. The van der Waals surface area contributed by atoms with Gasteiger partial charge in [-0.1, -0.05) is 30.3 Å². The Morgan fingerprint density at radius 1 is 1.11 bits per heavy atom. The van der Waals surface area contributed by atoms with E-state index in [1.54, 1.807) is 16.8 Å². The Morgan fingerprint density at radius 2 is 1.89 bits per heavy atom. The number of pyridine rings is 2. The molecule has 0 unspecified atom stereocenters. The number of fused-ring (bicyclic) bond motifs is 1. The van der Waals surface area contributed by atoms with E-state index in [0.29, 0.717) is 6.54 Å². The monoisotopic (exact) mass is 250 g/mol. The van der Waals surface area contributed by atoms with Crippen molar-refractivity contribution < 1.29 is 0 Å². The van der Waals surface area contributed by atoms with Gasteiger partial charge in [0.1, 0.15) is 5.65 Å². The van der Waals surface area contributed by atoms with Crippen molar-refractivity contribution in [2.24, 2.45) is 0 Å². The highest BCUT2D eigenvalue weighted by atomic mass is 16.1. The smallest absolute Gasteiger partial charge is 0.252 e. The Morgan fingerprint density at radius 3 is 2.68 bits per heavy atom. The molecule has 0 aliphatic heterocycles. The fourth-order valence-corrected chi connectivity index (χ4v) is 2.21. The summed E-state index contributed by atoms with van der Waals surface area (Å²) in [5, 5.41) is 0.996. The van der Waals surface area contributed by atoms with Crippen LogP contribution in [-0.4, -0.2) is 9.55 Å². The molecule has 0 saturated heterocycles. The first-order valence-corrected chi connectivity index (χ1v) is 6.24. The molecule has 3 heteroatoms. The lowest BCUT2D eigenvalue weighted by Gasteiger charge is -2.09. The minimum Gasteiger partial charge on any atom is -0.288 e. The highest BCUT2D eigenvalue weighted by Crippen LogP contribution is 2.12. The van der Waals surface area contributed by atoms with Gasteiger partial charge in [-0.2, -0.15) is 0 Å². The number of rotatable bonds is 2. The fraction of sp³-hybridized carbons (Fsp3) is 0.125. The van der Waals surface area contributed by atoms with Crippen LogP contribution in [0.15, 0.2) is 59.5 Å². The molecule has 0 amide bonds. The Kier molecular flexibility index (Phi) is 2.88. The van der Waals surface area contributed by atoms with Crippen LogP contribution in [0, 0.1) is 6.92 Å². The lowest BCUT2D eigenvalue weighted by Crippen LogP contribution is -2.20. The Bertz CT molecular complexity index is 776. The molecule has 1 aromatic carbocycles. The van der Waals surface area contributed by atoms with Gasteiger partial charge in [-0.25, -0.2) is 4.98 Å². The molecule has 0 fully saturated rings. The van der Waals surface area contributed by atoms with Crippen LogP contribution in [0.3, 0.4) is 0 Å². The number of benzene rings is 1. The molecule has 0 aliphatic carbocycles. The first kappa shape index (κ1) is 11.7. The molecule has 0 spiro atoms. The molecule has 0 saturated carbocycles. The second-order valence-electron chi connectivity index (χ2n) is 4.67. The van der Waals surface area contributed by atoms with Crippen LogP contribution in [0.4, 0.5) is 0 Å². The zero-order valence-corrected chi connectivity index (χ0v) is 10.7. The van der Waals surface area contributed by atoms with Gasteiger partial charge in [0.05, 0.1) is 6.54 Å². The van der Waals surface area contributed by atoms with Crippen LogP contribution in [0.1, 0.15) is 11.1 Å². The lowest BCUT2D eigenvalue weighted by molar-refractivity contribution is 0.783. The summed E-state index contributed by atoms with van der Waals surface area (Å²) in [5.41, 5.74) is 2.91. The van der Waals surface area contributed by atoms with E-state index in [1.807, 2.05) is 49.4 Å². The Labute approximate surface area is 111 Å². The molecular weight excluding hydrogens is 236 g/mol. The lowest BCUT2D eigenvalue weighted by atomic mass is 10.2. The van der Waals surface area contributed by atoms with Crippen molar-refractivity contribution in [3.8, 4) is 0 Å². The highest BCUT2D eigenvalue weighted by Gasteiger charge is 2.05. The van der Waals surface area contributed by atoms with Gasteiger partial charge in [-0.3, -0.25) is 9.36 Å². The summed E-state index contributed by atoms with van der Waals surface area (Å²) in [6, 6.07) is 15.4. The normalized spacial score (nSPS) is 10.8. The average Bonchev–Trinajstić information content (AvgIpc) is 2.43. The third-order valence-corrected chi connectivity index (χ3v) is 3.14. The maximum absolute atomic E-state index is 12.0. The van der Waals surface area contributed by atoms with Gasteiger partial charge in [-0.05, 0) is 30.2 Å². The third-order valence-electron chi connectivity index (χ3n) is 3.14. The van der Waals surface area contributed by atoms with Crippen molar-refractivity contribution >= 4 is 11.0 Å². The van der Waals surface area contributed by atoms with E-state index in [1.165, 1.54) is 0 Å². The van der Waals surface area contributed by atoms with E-state index in [4.69, 9.17) is 0 Å². The average molecular weight is 250 g/mol. The summed E-state index contributed by atoms with van der Waals surface area (Å²) in [5.74, 6) is 0. The van der Waals surface area contributed by atoms with E-state index in [2.05, 4.69) is 4.98 Å². The molecule has 0 bridgehead atoms. The third kappa shape index (κ3) is 2.27. The summed E-state index contributed by atoms with van der Waals surface area (Å²) >= 11 is 0. The number of hydrogen-bond acceptors (Lipinski definition) is 2. The second-order valence-corrected chi connectivity index (χ2v) is 4.67. The van der Waals surface area contributed by atoms with Gasteiger partial charge in [0.25, 0.3) is 5.56 Å². The summed E-state index contributed by atoms with van der Waals surface area (Å²) in [6.07, 6.45) is 1.79. The van der Waals surface area contributed by atoms with Gasteiger partial charge >= 0.3 is 0 Å².